The molecule has 0 N–H and O–H groups in total. The lowest BCUT2D eigenvalue weighted by Crippen LogP contribution is -2.15. The Labute approximate surface area is 110 Å². The van der Waals surface area contributed by atoms with Gasteiger partial charge in [-0.05, 0) is 18.8 Å². The molecular formula is C14H26O4. The summed E-state index contributed by atoms with van der Waals surface area (Å²) in [6, 6.07) is 0. The third-order valence-electron chi connectivity index (χ3n) is 2.55. The molecule has 0 amide bonds. The molecule has 0 aromatic heterocycles. The largest absolute Gasteiger partial charge is 0.466 e. The van der Waals surface area contributed by atoms with Gasteiger partial charge in [0.05, 0.1) is 13.2 Å². The summed E-state index contributed by atoms with van der Waals surface area (Å²) in [4.78, 5) is 22.8. The number of carbonyl (C=O) groups excluding carboxylic acids is 2. The van der Waals surface area contributed by atoms with E-state index < -0.39 is 0 Å². The van der Waals surface area contributed by atoms with Crippen LogP contribution in [0.4, 0.5) is 0 Å². The molecule has 0 radical (unpaired) electrons. The van der Waals surface area contributed by atoms with Crippen molar-refractivity contribution in [1.82, 2.24) is 0 Å². The van der Waals surface area contributed by atoms with Crippen LogP contribution in [-0.4, -0.2) is 25.2 Å². The molecule has 0 aliphatic heterocycles. The summed E-state index contributed by atoms with van der Waals surface area (Å²) in [5, 5.41) is 0. The van der Waals surface area contributed by atoms with Gasteiger partial charge < -0.3 is 9.47 Å². The zero-order valence-electron chi connectivity index (χ0n) is 11.9. The quantitative estimate of drug-likeness (QED) is 0.446. The highest BCUT2D eigenvalue weighted by molar-refractivity contribution is 5.73. The lowest BCUT2D eigenvalue weighted by molar-refractivity contribution is -0.147. The molecule has 0 heterocycles. The second-order valence-electron chi connectivity index (χ2n) is 4.66. The standard InChI is InChI=1S/C14H26O4/c1-4-6-8-17-13(15)10-12(3)11-14(16)18-9-7-5-2/h12H,4-11H2,1-3H3. The van der Waals surface area contributed by atoms with Crippen molar-refractivity contribution in [3.05, 3.63) is 0 Å². The smallest absolute Gasteiger partial charge is 0.306 e. The summed E-state index contributed by atoms with van der Waals surface area (Å²) < 4.78 is 10.1. The van der Waals surface area contributed by atoms with E-state index in [0.717, 1.165) is 25.7 Å². The van der Waals surface area contributed by atoms with E-state index in [9.17, 15) is 9.59 Å². The first-order chi connectivity index (χ1) is 8.60. The molecule has 106 valence electrons. The lowest BCUT2D eigenvalue weighted by Gasteiger charge is -2.10. The molecule has 0 aliphatic carbocycles. The molecule has 0 aromatic rings. The predicted molar refractivity (Wildman–Crippen MR) is 70.1 cm³/mol. The topological polar surface area (TPSA) is 52.6 Å². The van der Waals surface area contributed by atoms with Gasteiger partial charge >= 0.3 is 11.9 Å². The third-order valence-corrected chi connectivity index (χ3v) is 2.55. The molecule has 0 fully saturated rings. The molecular weight excluding hydrogens is 232 g/mol. The molecule has 0 unspecified atom stereocenters. The molecule has 0 bridgehead atoms. The zero-order valence-corrected chi connectivity index (χ0v) is 11.9. The van der Waals surface area contributed by atoms with Crippen molar-refractivity contribution in [2.45, 2.75) is 59.3 Å². The van der Waals surface area contributed by atoms with Crippen LogP contribution in [0.15, 0.2) is 0 Å². The maximum Gasteiger partial charge on any atom is 0.306 e. The second kappa shape index (κ2) is 11.1. The number of hydrogen-bond acceptors (Lipinski definition) is 4. The monoisotopic (exact) mass is 258 g/mol. The number of hydrogen-bond donors (Lipinski definition) is 0. The van der Waals surface area contributed by atoms with E-state index >= 15 is 0 Å². The Morgan fingerprint density at radius 2 is 1.28 bits per heavy atom. The van der Waals surface area contributed by atoms with E-state index in [1.807, 2.05) is 20.8 Å². The van der Waals surface area contributed by atoms with E-state index in [2.05, 4.69) is 0 Å². The fourth-order valence-corrected chi connectivity index (χ4v) is 1.42. The van der Waals surface area contributed by atoms with Gasteiger partial charge in [0.25, 0.3) is 0 Å². The molecule has 0 saturated carbocycles. The minimum Gasteiger partial charge on any atom is -0.466 e. The summed E-state index contributed by atoms with van der Waals surface area (Å²) in [6.07, 6.45) is 4.36. The van der Waals surface area contributed by atoms with Crippen LogP contribution in [0.25, 0.3) is 0 Å². The molecule has 0 aliphatic rings. The summed E-state index contributed by atoms with van der Waals surface area (Å²) in [7, 11) is 0. The van der Waals surface area contributed by atoms with Crippen LogP contribution in [0.2, 0.25) is 0 Å². The van der Waals surface area contributed by atoms with E-state index in [-0.39, 0.29) is 30.7 Å². The average molecular weight is 258 g/mol. The normalized spacial score (nSPS) is 10.4. The highest BCUT2D eigenvalue weighted by atomic mass is 16.5. The van der Waals surface area contributed by atoms with Crippen LogP contribution in [0.1, 0.15) is 59.3 Å². The number of unbranched alkanes of at least 4 members (excludes halogenated alkanes) is 2. The second-order valence-corrected chi connectivity index (χ2v) is 4.66. The van der Waals surface area contributed by atoms with E-state index in [1.54, 1.807) is 0 Å². The number of esters is 2. The maximum atomic E-state index is 11.4. The molecule has 0 rings (SSSR count). The fraction of sp³-hybridized carbons (Fsp3) is 0.857. The van der Waals surface area contributed by atoms with Gasteiger partial charge in [-0.3, -0.25) is 9.59 Å². The van der Waals surface area contributed by atoms with Gasteiger partial charge in [0.2, 0.25) is 0 Å². The Morgan fingerprint density at radius 1 is 0.889 bits per heavy atom. The first-order valence-electron chi connectivity index (χ1n) is 6.91. The SMILES string of the molecule is CCCCOC(=O)CC(C)CC(=O)OCCCC. The highest BCUT2D eigenvalue weighted by Gasteiger charge is 2.14. The van der Waals surface area contributed by atoms with Gasteiger partial charge in [-0.25, -0.2) is 0 Å². The van der Waals surface area contributed by atoms with Crippen molar-refractivity contribution in [3.63, 3.8) is 0 Å². The van der Waals surface area contributed by atoms with Gasteiger partial charge in [-0.15, -0.1) is 0 Å². The highest BCUT2D eigenvalue weighted by Crippen LogP contribution is 2.10. The predicted octanol–water partition coefficient (Wildman–Crippen LogP) is 3.09. The Kier molecular flexibility index (Phi) is 10.4. The van der Waals surface area contributed by atoms with Gasteiger partial charge in [0.1, 0.15) is 0 Å². The van der Waals surface area contributed by atoms with Crippen molar-refractivity contribution in [2.24, 2.45) is 5.92 Å². The van der Waals surface area contributed by atoms with E-state index in [1.165, 1.54) is 0 Å². The van der Waals surface area contributed by atoms with Crippen LogP contribution >= 0.6 is 0 Å². The van der Waals surface area contributed by atoms with E-state index in [0.29, 0.717) is 13.2 Å². The first-order valence-corrected chi connectivity index (χ1v) is 6.91. The van der Waals surface area contributed by atoms with Crippen molar-refractivity contribution >= 4 is 11.9 Å². The van der Waals surface area contributed by atoms with Crippen molar-refractivity contribution in [3.8, 4) is 0 Å². The molecule has 4 nitrogen and oxygen atoms in total. The van der Waals surface area contributed by atoms with Gasteiger partial charge in [0, 0.05) is 12.8 Å². The Hall–Kier alpha value is -1.06. The molecule has 0 aromatic carbocycles. The first kappa shape index (κ1) is 16.9. The van der Waals surface area contributed by atoms with Crippen LogP contribution < -0.4 is 0 Å². The lowest BCUT2D eigenvalue weighted by atomic mass is 10.0. The molecule has 4 heteroatoms. The van der Waals surface area contributed by atoms with E-state index in [4.69, 9.17) is 9.47 Å². The van der Waals surface area contributed by atoms with Gasteiger partial charge in [-0.1, -0.05) is 33.6 Å². The summed E-state index contributed by atoms with van der Waals surface area (Å²) >= 11 is 0. The van der Waals surface area contributed by atoms with Crippen LogP contribution in [0.5, 0.6) is 0 Å². The maximum absolute atomic E-state index is 11.4. The minimum atomic E-state index is -0.225. The summed E-state index contributed by atoms with van der Waals surface area (Å²) in [6.45, 7) is 6.90. The Morgan fingerprint density at radius 3 is 1.61 bits per heavy atom. The summed E-state index contributed by atoms with van der Waals surface area (Å²) in [5.41, 5.74) is 0. The third kappa shape index (κ3) is 10.1. The average Bonchev–Trinajstić information content (AvgIpc) is 2.29. The zero-order chi connectivity index (χ0) is 13.8. The fourth-order valence-electron chi connectivity index (χ4n) is 1.42. The molecule has 0 atom stereocenters. The van der Waals surface area contributed by atoms with Crippen molar-refractivity contribution < 1.29 is 19.1 Å². The number of rotatable bonds is 10. The minimum absolute atomic E-state index is 0.0201. The molecule has 18 heavy (non-hydrogen) atoms. The summed E-state index contributed by atoms with van der Waals surface area (Å²) in [5.74, 6) is -0.470. The number of ether oxygens (including phenoxy) is 2. The van der Waals surface area contributed by atoms with Gasteiger partial charge in [0.15, 0.2) is 0 Å². The van der Waals surface area contributed by atoms with Crippen LogP contribution in [0, 0.1) is 5.92 Å². The molecule has 0 saturated heterocycles. The Balaban J connectivity index is 3.64. The molecule has 0 spiro atoms. The van der Waals surface area contributed by atoms with Crippen LogP contribution in [-0.2, 0) is 19.1 Å². The van der Waals surface area contributed by atoms with Crippen molar-refractivity contribution in [2.75, 3.05) is 13.2 Å². The van der Waals surface area contributed by atoms with Crippen molar-refractivity contribution in [1.29, 1.82) is 0 Å². The van der Waals surface area contributed by atoms with Gasteiger partial charge in [-0.2, -0.15) is 0 Å². The number of carbonyl (C=O) groups is 2. The Bertz CT molecular complexity index is 214. The van der Waals surface area contributed by atoms with Crippen LogP contribution in [0.3, 0.4) is 0 Å².